The summed E-state index contributed by atoms with van der Waals surface area (Å²) in [5.41, 5.74) is 5.62. The van der Waals surface area contributed by atoms with Gasteiger partial charge in [-0.3, -0.25) is 0 Å². The molecule has 0 spiro atoms. The first-order chi connectivity index (χ1) is 14.3. The lowest BCUT2D eigenvalue weighted by atomic mass is 9.64. The predicted molar refractivity (Wildman–Crippen MR) is 126 cm³/mol. The lowest BCUT2D eigenvalue weighted by molar-refractivity contribution is 0.133. The van der Waals surface area contributed by atoms with Gasteiger partial charge in [-0.25, -0.2) is 0 Å². The number of fused-ring (bicyclic) bond motifs is 1. The van der Waals surface area contributed by atoms with Gasteiger partial charge in [0.2, 0.25) is 0 Å². The number of allylic oxidation sites excluding steroid dienone is 3. The van der Waals surface area contributed by atoms with Crippen LogP contribution in [0.4, 0.5) is 0 Å². The third-order valence-electron chi connectivity index (χ3n) is 7.42. The molecule has 0 radical (unpaired) electrons. The van der Waals surface area contributed by atoms with E-state index in [1.807, 2.05) is 6.08 Å². The molecule has 2 saturated carbocycles. The highest BCUT2D eigenvalue weighted by atomic mass is 14.4. The number of benzene rings is 2. The normalized spacial score (nSPS) is 26.9. The highest BCUT2D eigenvalue weighted by Crippen LogP contribution is 2.47. The Labute approximate surface area is 177 Å². The molecule has 0 heteroatoms. The molecule has 0 amide bonds. The van der Waals surface area contributed by atoms with Crippen molar-refractivity contribution >= 4 is 0 Å². The SMILES string of the molecule is C=CCCc1ccc(-c2ccc(C3CCC4CC(/C=C/C)CCC4C3)cc2)cc1. The summed E-state index contributed by atoms with van der Waals surface area (Å²) in [5.74, 6) is 3.54. The minimum absolute atomic E-state index is 0.768. The molecule has 2 aromatic rings. The molecule has 29 heavy (non-hydrogen) atoms. The minimum atomic E-state index is 0.768. The molecular formula is C29H36. The van der Waals surface area contributed by atoms with Gasteiger partial charge in [0.25, 0.3) is 0 Å². The van der Waals surface area contributed by atoms with Gasteiger partial charge in [-0.1, -0.05) is 66.8 Å². The molecule has 2 aliphatic carbocycles. The van der Waals surface area contributed by atoms with E-state index in [1.54, 1.807) is 5.56 Å². The maximum absolute atomic E-state index is 3.82. The standard InChI is InChI=1S/C29H36/c1-3-5-7-22-8-11-24(12-9-22)25-14-16-26(17-15-25)28-19-18-27-20-23(6-4-2)10-13-29(27)21-28/h3-4,6,8-9,11-12,14-17,23,27-29H,1,5,7,10,13,18-21H2,2H3/b6-4+. The van der Waals surface area contributed by atoms with Crippen LogP contribution >= 0.6 is 0 Å². The first kappa shape index (κ1) is 20.2. The van der Waals surface area contributed by atoms with E-state index in [9.17, 15) is 0 Å². The zero-order valence-corrected chi connectivity index (χ0v) is 18.0. The number of hydrogen-bond acceptors (Lipinski definition) is 0. The maximum Gasteiger partial charge on any atom is -0.0159 e. The fourth-order valence-corrected chi connectivity index (χ4v) is 5.76. The maximum atomic E-state index is 3.82. The van der Waals surface area contributed by atoms with Crippen LogP contribution in [-0.4, -0.2) is 0 Å². The lowest BCUT2D eigenvalue weighted by Crippen LogP contribution is -2.30. The molecule has 0 nitrogen and oxygen atoms in total. The molecule has 0 aromatic heterocycles. The number of rotatable bonds is 6. The Bertz CT molecular complexity index is 808. The Kier molecular flexibility index (Phi) is 6.70. The van der Waals surface area contributed by atoms with Crippen molar-refractivity contribution in [1.29, 1.82) is 0 Å². The molecule has 0 aliphatic heterocycles. The lowest BCUT2D eigenvalue weighted by Gasteiger charge is -2.41. The van der Waals surface area contributed by atoms with Crippen LogP contribution in [0.3, 0.4) is 0 Å². The molecule has 2 fully saturated rings. The summed E-state index contributed by atoms with van der Waals surface area (Å²) >= 11 is 0. The average Bonchev–Trinajstić information content (AvgIpc) is 2.78. The van der Waals surface area contributed by atoms with Crippen LogP contribution < -0.4 is 0 Å². The summed E-state index contributed by atoms with van der Waals surface area (Å²) in [6, 6.07) is 18.5. The zero-order valence-electron chi connectivity index (χ0n) is 18.0. The summed E-state index contributed by atoms with van der Waals surface area (Å²) in [6.07, 6.45) is 17.3. The molecule has 0 heterocycles. The van der Waals surface area contributed by atoms with Gasteiger partial charge in [0.1, 0.15) is 0 Å². The van der Waals surface area contributed by atoms with Gasteiger partial charge >= 0.3 is 0 Å². The second-order valence-corrected chi connectivity index (χ2v) is 9.28. The molecule has 0 saturated heterocycles. The second kappa shape index (κ2) is 9.61. The summed E-state index contributed by atoms with van der Waals surface area (Å²) < 4.78 is 0. The van der Waals surface area contributed by atoms with Crippen LogP contribution in [0.5, 0.6) is 0 Å². The van der Waals surface area contributed by atoms with E-state index >= 15 is 0 Å². The summed E-state index contributed by atoms with van der Waals surface area (Å²) in [4.78, 5) is 0. The average molecular weight is 385 g/mol. The summed E-state index contributed by atoms with van der Waals surface area (Å²) in [5, 5.41) is 0. The van der Waals surface area contributed by atoms with Gasteiger partial charge in [-0.2, -0.15) is 0 Å². The van der Waals surface area contributed by atoms with E-state index < -0.39 is 0 Å². The van der Waals surface area contributed by atoms with Gasteiger partial charge in [0, 0.05) is 0 Å². The van der Waals surface area contributed by atoms with Crippen molar-refractivity contribution in [3.63, 3.8) is 0 Å². The quantitative estimate of drug-likeness (QED) is 0.439. The molecular weight excluding hydrogens is 348 g/mol. The van der Waals surface area contributed by atoms with Crippen molar-refractivity contribution in [3.8, 4) is 11.1 Å². The first-order valence-corrected chi connectivity index (χ1v) is 11.7. The van der Waals surface area contributed by atoms with E-state index in [1.165, 1.54) is 55.2 Å². The van der Waals surface area contributed by atoms with Gasteiger partial charge in [-0.15, -0.1) is 6.58 Å². The third-order valence-corrected chi connectivity index (χ3v) is 7.42. The summed E-state index contributed by atoms with van der Waals surface area (Å²) in [7, 11) is 0. The van der Waals surface area contributed by atoms with Crippen LogP contribution in [0.15, 0.2) is 73.3 Å². The molecule has 0 bridgehead atoms. The van der Waals surface area contributed by atoms with Crippen LogP contribution in [0.2, 0.25) is 0 Å². The Morgan fingerprint density at radius 2 is 1.48 bits per heavy atom. The highest BCUT2D eigenvalue weighted by Gasteiger charge is 2.35. The van der Waals surface area contributed by atoms with E-state index in [2.05, 4.69) is 74.2 Å². The van der Waals surface area contributed by atoms with E-state index in [0.29, 0.717) is 0 Å². The molecule has 4 rings (SSSR count). The molecule has 0 N–H and O–H groups in total. The van der Waals surface area contributed by atoms with Gasteiger partial charge in [0.05, 0.1) is 0 Å². The molecule has 4 atom stereocenters. The van der Waals surface area contributed by atoms with E-state index in [4.69, 9.17) is 0 Å². The second-order valence-electron chi connectivity index (χ2n) is 9.28. The number of aryl methyl sites for hydroxylation is 1. The highest BCUT2D eigenvalue weighted by molar-refractivity contribution is 5.64. The van der Waals surface area contributed by atoms with Crippen LogP contribution in [0.1, 0.15) is 68.9 Å². The van der Waals surface area contributed by atoms with Gasteiger partial charge in [0.15, 0.2) is 0 Å². The van der Waals surface area contributed by atoms with Crippen molar-refractivity contribution < 1.29 is 0 Å². The fraction of sp³-hybridized carbons (Fsp3) is 0.448. The molecule has 2 aliphatic rings. The van der Waals surface area contributed by atoms with Crippen LogP contribution in [0.25, 0.3) is 11.1 Å². The molecule has 2 aromatic carbocycles. The Morgan fingerprint density at radius 3 is 2.17 bits per heavy atom. The van der Waals surface area contributed by atoms with Crippen molar-refractivity contribution in [1.82, 2.24) is 0 Å². The van der Waals surface area contributed by atoms with Crippen LogP contribution in [-0.2, 0) is 6.42 Å². The van der Waals surface area contributed by atoms with Crippen LogP contribution in [0, 0.1) is 17.8 Å². The fourth-order valence-electron chi connectivity index (χ4n) is 5.76. The molecule has 4 unspecified atom stereocenters. The zero-order chi connectivity index (χ0) is 20.1. The monoisotopic (exact) mass is 384 g/mol. The minimum Gasteiger partial charge on any atom is -0.103 e. The van der Waals surface area contributed by atoms with Crippen molar-refractivity contribution in [2.24, 2.45) is 17.8 Å². The largest absolute Gasteiger partial charge is 0.103 e. The van der Waals surface area contributed by atoms with E-state index in [0.717, 1.165) is 36.5 Å². The number of hydrogen-bond donors (Lipinski definition) is 0. The van der Waals surface area contributed by atoms with Gasteiger partial charge in [-0.05, 0) is 104 Å². The Hall–Kier alpha value is -2.08. The topological polar surface area (TPSA) is 0 Å². The molecule has 152 valence electrons. The first-order valence-electron chi connectivity index (χ1n) is 11.7. The predicted octanol–water partition coefficient (Wildman–Crippen LogP) is 8.35. The third kappa shape index (κ3) is 4.92. The smallest absolute Gasteiger partial charge is 0.0159 e. The Balaban J connectivity index is 1.38. The van der Waals surface area contributed by atoms with Gasteiger partial charge < -0.3 is 0 Å². The Morgan fingerprint density at radius 1 is 0.828 bits per heavy atom. The van der Waals surface area contributed by atoms with Crippen molar-refractivity contribution in [2.45, 2.75) is 64.2 Å². The van der Waals surface area contributed by atoms with Crippen molar-refractivity contribution in [3.05, 3.63) is 84.5 Å². The van der Waals surface area contributed by atoms with Crippen molar-refractivity contribution in [2.75, 3.05) is 0 Å². The summed E-state index contributed by atoms with van der Waals surface area (Å²) in [6.45, 7) is 5.99. The van der Waals surface area contributed by atoms with E-state index in [-0.39, 0.29) is 0 Å².